The Kier molecular flexibility index (Phi) is 6.32. The highest BCUT2D eigenvalue weighted by Crippen LogP contribution is 2.08. The second-order valence-corrected chi connectivity index (χ2v) is 5.28. The van der Waals surface area contributed by atoms with E-state index in [-0.39, 0.29) is 24.9 Å². The van der Waals surface area contributed by atoms with E-state index in [1.807, 2.05) is 61.5 Å². The van der Waals surface area contributed by atoms with E-state index in [1.54, 1.807) is 0 Å². The Bertz CT molecular complexity index is 656. The van der Waals surface area contributed by atoms with Crippen LogP contribution in [0.15, 0.2) is 54.6 Å². The van der Waals surface area contributed by atoms with E-state index < -0.39 is 0 Å². The molecule has 0 aliphatic heterocycles. The van der Waals surface area contributed by atoms with Crippen LogP contribution < -0.4 is 16.0 Å². The van der Waals surface area contributed by atoms with Crippen molar-refractivity contribution in [3.05, 3.63) is 65.7 Å². The summed E-state index contributed by atoms with van der Waals surface area (Å²) >= 11 is 0. The van der Waals surface area contributed by atoms with Crippen molar-refractivity contribution in [2.45, 2.75) is 13.5 Å². The minimum absolute atomic E-state index is 0.0419. The summed E-state index contributed by atoms with van der Waals surface area (Å²) in [5.41, 5.74) is 2.90. The van der Waals surface area contributed by atoms with Gasteiger partial charge in [0.2, 0.25) is 11.8 Å². The van der Waals surface area contributed by atoms with Crippen LogP contribution in [0.2, 0.25) is 0 Å². The Labute approximate surface area is 136 Å². The Morgan fingerprint density at radius 2 is 1.70 bits per heavy atom. The van der Waals surface area contributed by atoms with Gasteiger partial charge in [0.25, 0.3) is 0 Å². The number of anilines is 1. The zero-order chi connectivity index (χ0) is 16.5. The van der Waals surface area contributed by atoms with Gasteiger partial charge in [0.1, 0.15) is 0 Å². The number of carbonyl (C=O) groups excluding carboxylic acids is 2. The van der Waals surface area contributed by atoms with Gasteiger partial charge in [0, 0.05) is 12.2 Å². The molecule has 0 fully saturated rings. The molecular weight excluding hydrogens is 290 g/mol. The van der Waals surface area contributed by atoms with Crippen molar-refractivity contribution in [2.24, 2.45) is 0 Å². The normalized spacial score (nSPS) is 10.1. The minimum Gasteiger partial charge on any atom is -0.346 e. The van der Waals surface area contributed by atoms with Crippen LogP contribution in [0, 0.1) is 6.92 Å². The minimum atomic E-state index is -0.244. The zero-order valence-corrected chi connectivity index (χ0v) is 13.1. The van der Waals surface area contributed by atoms with Gasteiger partial charge in [0.15, 0.2) is 0 Å². The molecule has 2 aromatic rings. The van der Waals surface area contributed by atoms with Crippen LogP contribution in [0.3, 0.4) is 0 Å². The molecule has 0 spiro atoms. The van der Waals surface area contributed by atoms with E-state index in [0.717, 1.165) is 16.8 Å². The summed E-state index contributed by atoms with van der Waals surface area (Å²) in [4.78, 5) is 23.5. The van der Waals surface area contributed by atoms with Crippen LogP contribution in [0.25, 0.3) is 0 Å². The lowest BCUT2D eigenvalue weighted by molar-refractivity contribution is -0.123. The number of hydrogen-bond acceptors (Lipinski definition) is 3. The summed E-state index contributed by atoms with van der Waals surface area (Å²) in [5.74, 6) is -0.452. The fraction of sp³-hybridized carbons (Fsp3) is 0.222. The highest BCUT2D eigenvalue weighted by Gasteiger charge is 2.05. The summed E-state index contributed by atoms with van der Waals surface area (Å²) in [5, 5.41) is 8.37. The molecule has 0 saturated heterocycles. The largest absolute Gasteiger partial charge is 0.346 e. The first-order valence-corrected chi connectivity index (χ1v) is 7.51. The Morgan fingerprint density at radius 3 is 2.43 bits per heavy atom. The maximum atomic E-state index is 11.8. The van der Waals surface area contributed by atoms with E-state index in [2.05, 4.69) is 16.0 Å². The maximum absolute atomic E-state index is 11.8. The number of aryl methyl sites for hydroxylation is 1. The van der Waals surface area contributed by atoms with Crippen LogP contribution in [0.4, 0.5) is 5.69 Å². The molecule has 0 aliphatic rings. The maximum Gasteiger partial charge on any atom is 0.243 e. The predicted octanol–water partition coefficient (Wildman–Crippen LogP) is 1.84. The van der Waals surface area contributed by atoms with E-state index >= 15 is 0 Å². The lowest BCUT2D eigenvalue weighted by atomic mass is 10.2. The molecule has 2 aromatic carbocycles. The second kappa shape index (κ2) is 8.70. The number of nitrogens with one attached hydrogen (secondary N) is 3. The third-order valence-electron chi connectivity index (χ3n) is 3.21. The number of hydrogen-bond donors (Lipinski definition) is 3. The van der Waals surface area contributed by atoms with Crippen molar-refractivity contribution in [2.75, 3.05) is 18.4 Å². The van der Waals surface area contributed by atoms with Crippen LogP contribution >= 0.6 is 0 Å². The fourth-order valence-corrected chi connectivity index (χ4v) is 2.09. The molecule has 0 atom stereocenters. The van der Waals surface area contributed by atoms with Crippen molar-refractivity contribution in [3.63, 3.8) is 0 Å². The molecule has 0 aliphatic carbocycles. The first kappa shape index (κ1) is 16.7. The van der Waals surface area contributed by atoms with Crippen LogP contribution in [0.5, 0.6) is 0 Å². The molecule has 3 N–H and O–H groups in total. The van der Waals surface area contributed by atoms with Gasteiger partial charge in [-0.25, -0.2) is 0 Å². The topological polar surface area (TPSA) is 70.2 Å². The van der Waals surface area contributed by atoms with E-state index in [9.17, 15) is 9.59 Å². The molecule has 2 amide bonds. The Hall–Kier alpha value is -2.66. The second-order valence-electron chi connectivity index (χ2n) is 5.28. The van der Waals surface area contributed by atoms with Crippen molar-refractivity contribution < 1.29 is 9.59 Å². The monoisotopic (exact) mass is 311 g/mol. The smallest absolute Gasteiger partial charge is 0.243 e. The third-order valence-corrected chi connectivity index (χ3v) is 3.21. The van der Waals surface area contributed by atoms with E-state index in [4.69, 9.17) is 0 Å². The van der Waals surface area contributed by atoms with Gasteiger partial charge in [-0.05, 0) is 30.2 Å². The molecule has 0 radical (unpaired) electrons. The van der Waals surface area contributed by atoms with Crippen molar-refractivity contribution >= 4 is 17.5 Å². The average Bonchev–Trinajstić information content (AvgIpc) is 2.54. The third kappa shape index (κ3) is 6.32. The molecule has 23 heavy (non-hydrogen) atoms. The molecule has 0 unspecified atom stereocenters. The quantitative estimate of drug-likeness (QED) is 0.731. The molecule has 0 bridgehead atoms. The zero-order valence-electron chi connectivity index (χ0n) is 13.1. The number of carbonyl (C=O) groups is 2. The van der Waals surface area contributed by atoms with Gasteiger partial charge in [0.05, 0.1) is 13.1 Å². The standard InChI is InChI=1S/C18H21N3O2/c1-14-6-5-9-16(10-14)21-18(23)13-20-17(22)12-19-11-15-7-3-2-4-8-15/h2-10,19H,11-13H2,1H3,(H,20,22)(H,21,23). The molecule has 0 aromatic heterocycles. The van der Waals surface area contributed by atoms with Crippen molar-refractivity contribution in [1.82, 2.24) is 10.6 Å². The number of rotatable bonds is 7. The van der Waals surface area contributed by atoms with Crippen molar-refractivity contribution in [3.8, 4) is 0 Å². The summed E-state index contributed by atoms with van der Waals surface area (Å²) in [6, 6.07) is 17.3. The Morgan fingerprint density at radius 1 is 0.913 bits per heavy atom. The van der Waals surface area contributed by atoms with Gasteiger partial charge in [-0.2, -0.15) is 0 Å². The summed E-state index contributed by atoms with van der Waals surface area (Å²) in [6.07, 6.45) is 0. The lowest BCUT2D eigenvalue weighted by Crippen LogP contribution is -2.38. The average molecular weight is 311 g/mol. The van der Waals surface area contributed by atoms with Crippen LogP contribution in [0.1, 0.15) is 11.1 Å². The van der Waals surface area contributed by atoms with Gasteiger partial charge in [-0.15, -0.1) is 0 Å². The molecule has 120 valence electrons. The molecule has 0 heterocycles. The molecule has 2 rings (SSSR count). The molecule has 0 saturated carbocycles. The number of benzene rings is 2. The van der Waals surface area contributed by atoms with Crippen LogP contribution in [-0.4, -0.2) is 24.9 Å². The van der Waals surface area contributed by atoms with E-state index in [1.165, 1.54) is 0 Å². The van der Waals surface area contributed by atoms with Gasteiger partial charge < -0.3 is 16.0 Å². The van der Waals surface area contributed by atoms with Gasteiger partial charge in [-0.3, -0.25) is 9.59 Å². The van der Waals surface area contributed by atoms with Gasteiger partial charge >= 0.3 is 0 Å². The fourth-order valence-electron chi connectivity index (χ4n) is 2.09. The highest BCUT2D eigenvalue weighted by atomic mass is 16.2. The lowest BCUT2D eigenvalue weighted by Gasteiger charge is -2.08. The summed E-state index contributed by atoms with van der Waals surface area (Å²) in [7, 11) is 0. The highest BCUT2D eigenvalue weighted by molar-refractivity contribution is 5.94. The Balaban J connectivity index is 1.65. The SMILES string of the molecule is Cc1cccc(NC(=O)CNC(=O)CNCc2ccccc2)c1. The molecular formula is C18H21N3O2. The first-order valence-electron chi connectivity index (χ1n) is 7.51. The summed E-state index contributed by atoms with van der Waals surface area (Å²) < 4.78 is 0. The van der Waals surface area contributed by atoms with Crippen LogP contribution in [-0.2, 0) is 16.1 Å². The van der Waals surface area contributed by atoms with Gasteiger partial charge in [-0.1, -0.05) is 42.5 Å². The predicted molar refractivity (Wildman–Crippen MR) is 91.0 cm³/mol. The number of amides is 2. The molecule has 5 heteroatoms. The summed E-state index contributed by atoms with van der Waals surface area (Å²) in [6.45, 7) is 2.70. The van der Waals surface area contributed by atoms with Crippen molar-refractivity contribution in [1.29, 1.82) is 0 Å². The molecule has 5 nitrogen and oxygen atoms in total. The first-order chi connectivity index (χ1) is 11.1. The van der Waals surface area contributed by atoms with E-state index in [0.29, 0.717) is 6.54 Å².